The largest absolute Gasteiger partial charge is 0.386 e. The summed E-state index contributed by atoms with van der Waals surface area (Å²) >= 11 is 7.47. The third kappa shape index (κ3) is 14.9. The highest BCUT2D eigenvalue weighted by Gasteiger charge is 2.27. The summed E-state index contributed by atoms with van der Waals surface area (Å²) < 4.78 is 77.5. The number of hydrogen-bond donors (Lipinski definition) is 4. The molecule has 4 aromatic heterocycles. The first-order chi connectivity index (χ1) is 30.1. The normalized spacial score (nSPS) is 12.0. The predicted molar refractivity (Wildman–Crippen MR) is 252 cm³/mol. The molecule has 0 aliphatic rings. The van der Waals surface area contributed by atoms with Crippen LogP contribution in [0.1, 0.15) is 101 Å². The molecule has 19 heteroatoms. The third-order valence-corrected chi connectivity index (χ3v) is 15.0. The second kappa shape index (κ2) is 21.7. The molecule has 0 aliphatic carbocycles. The van der Waals surface area contributed by atoms with E-state index in [-0.39, 0.29) is 38.9 Å². The van der Waals surface area contributed by atoms with Gasteiger partial charge in [-0.25, -0.2) is 35.5 Å². The molecule has 65 heavy (non-hydrogen) atoms. The van der Waals surface area contributed by atoms with Crippen LogP contribution in [0.4, 0.5) is 8.78 Å². The summed E-state index contributed by atoms with van der Waals surface area (Å²) in [4.78, 5) is 32.2. The molecular weight excluding hydrogens is 938 g/mol. The van der Waals surface area contributed by atoms with Crippen LogP contribution in [0, 0.1) is 11.6 Å². The summed E-state index contributed by atoms with van der Waals surface area (Å²) in [5.41, 5.74) is 4.10. The Morgan fingerprint density at radius 2 is 1.14 bits per heavy atom. The van der Waals surface area contributed by atoms with Crippen molar-refractivity contribution < 1.29 is 45.4 Å². The third-order valence-electron chi connectivity index (χ3n) is 9.70. The second-order valence-corrected chi connectivity index (χ2v) is 22.5. The molecule has 0 saturated heterocycles. The van der Waals surface area contributed by atoms with E-state index in [4.69, 9.17) is 16.7 Å². The van der Waals surface area contributed by atoms with E-state index in [1.54, 1.807) is 76.1 Å². The van der Waals surface area contributed by atoms with E-state index in [2.05, 4.69) is 14.7 Å². The number of benzene rings is 2. The van der Waals surface area contributed by atoms with E-state index in [1.807, 2.05) is 33.8 Å². The molecule has 0 unspecified atom stereocenters. The minimum Gasteiger partial charge on any atom is -0.386 e. The van der Waals surface area contributed by atoms with Crippen molar-refractivity contribution in [2.75, 3.05) is 0 Å². The molecule has 5 N–H and O–H groups in total. The number of nitrogens with two attached hydrogens (primary N) is 1. The Morgan fingerprint density at radius 1 is 0.723 bits per heavy atom. The Morgan fingerprint density at radius 3 is 1.48 bits per heavy atom. The van der Waals surface area contributed by atoms with Crippen molar-refractivity contribution in [1.82, 2.24) is 14.7 Å². The van der Waals surface area contributed by atoms with Crippen molar-refractivity contribution in [1.29, 1.82) is 0 Å². The molecule has 0 bridgehead atoms. The van der Waals surface area contributed by atoms with E-state index in [0.717, 1.165) is 39.4 Å². The van der Waals surface area contributed by atoms with Crippen molar-refractivity contribution in [2.24, 2.45) is 5.14 Å². The Labute approximate surface area is 391 Å². The number of carbonyl (C=O) groups is 2. The lowest BCUT2D eigenvalue weighted by atomic mass is 9.88. The Bertz CT molecular complexity index is 2840. The zero-order valence-corrected chi connectivity index (χ0v) is 40.9. The van der Waals surface area contributed by atoms with Crippen LogP contribution in [0.3, 0.4) is 0 Å². The van der Waals surface area contributed by atoms with Crippen LogP contribution >= 0.6 is 34.3 Å². The Kier molecular flexibility index (Phi) is 17.6. The number of nitrogens with one attached hydrogen (secondary N) is 1. The average molecular weight is 990 g/mol. The molecule has 4 heterocycles. The van der Waals surface area contributed by atoms with Gasteiger partial charge in [-0.3, -0.25) is 19.6 Å². The monoisotopic (exact) mass is 988 g/mol. The quantitative estimate of drug-likeness (QED) is 0.0807. The van der Waals surface area contributed by atoms with Crippen LogP contribution < -0.4 is 9.86 Å². The number of hydrogen-bond acceptors (Lipinski definition) is 12. The summed E-state index contributed by atoms with van der Waals surface area (Å²) in [7, 11) is -7.75. The molecule has 12 nitrogen and oxygen atoms in total. The molecule has 0 fully saturated rings. The van der Waals surface area contributed by atoms with Crippen LogP contribution in [-0.2, 0) is 53.7 Å². The van der Waals surface area contributed by atoms with E-state index in [0.29, 0.717) is 38.9 Å². The fraction of sp³-hybridized carbons (Fsp3) is 0.304. The first-order valence-corrected chi connectivity index (χ1v) is 25.1. The minimum atomic E-state index is -4.12. The number of carbonyl (C=O) groups excluding carboxylic acids is 2. The number of aromatic nitrogens is 2. The van der Waals surface area contributed by atoms with Crippen LogP contribution in [0.25, 0.3) is 22.3 Å². The van der Waals surface area contributed by atoms with Gasteiger partial charge < -0.3 is 10.2 Å². The molecule has 1 amide bonds. The van der Waals surface area contributed by atoms with E-state index < -0.39 is 48.2 Å². The smallest absolute Gasteiger partial charge is 0.273 e. The summed E-state index contributed by atoms with van der Waals surface area (Å²) in [6, 6.07) is 15.4. The maximum Gasteiger partial charge on any atom is 0.273 e. The van der Waals surface area contributed by atoms with Crippen LogP contribution in [0.2, 0.25) is 0 Å². The Balaban J connectivity index is 0.000000238. The molecular formula is C46H51ClF2N4O8S4. The van der Waals surface area contributed by atoms with Crippen molar-refractivity contribution in [3.63, 3.8) is 0 Å². The van der Waals surface area contributed by atoms with Gasteiger partial charge in [-0.05, 0) is 155 Å². The number of nitrogens with zero attached hydrogens (tertiary/aromatic N) is 2. The molecule has 6 aromatic rings. The number of pyridine rings is 2. The van der Waals surface area contributed by atoms with E-state index >= 15 is 0 Å². The number of thiophene rings is 2. The fourth-order valence-corrected chi connectivity index (χ4v) is 10.6. The predicted octanol–water partition coefficient (Wildman–Crippen LogP) is 9.29. The number of rotatable bonds is 13. The first kappa shape index (κ1) is 52.8. The van der Waals surface area contributed by atoms with Gasteiger partial charge in [0.25, 0.3) is 10.0 Å². The highest BCUT2D eigenvalue weighted by molar-refractivity contribution is 7.92. The van der Waals surface area contributed by atoms with Gasteiger partial charge in [-0.1, -0.05) is 39.8 Å². The summed E-state index contributed by atoms with van der Waals surface area (Å²) in [6.45, 7) is 13.9. The van der Waals surface area contributed by atoms with Gasteiger partial charge in [0.15, 0.2) is 0 Å². The number of sulfonamides is 2. The summed E-state index contributed by atoms with van der Waals surface area (Å²) in [6.07, 6.45) is 6.30. The summed E-state index contributed by atoms with van der Waals surface area (Å²) in [5, 5.41) is 27.2. The highest BCUT2D eigenvalue weighted by Crippen LogP contribution is 2.34. The van der Waals surface area contributed by atoms with E-state index in [9.17, 15) is 45.4 Å². The lowest BCUT2D eigenvalue weighted by Gasteiger charge is -2.18. The molecule has 6 rings (SSSR count). The Hall–Kier alpha value is -4.79. The SMILES string of the molecule is CC(C)(O)c1csc(S(N)(=O)=O)c1.CC(C)c1cc(F)cc(-c2cccnc2)c1CC(=O)Cl.CC(C)c1cc(F)cc(-c2cccnc2)c1CC(=O)NS(=O)(=O)c1cc(C(C)(C)O)cs1. The van der Waals surface area contributed by atoms with Gasteiger partial charge in [0.1, 0.15) is 20.1 Å². The van der Waals surface area contributed by atoms with Crippen molar-refractivity contribution >= 4 is 65.5 Å². The van der Waals surface area contributed by atoms with E-state index in [1.165, 1.54) is 41.8 Å². The van der Waals surface area contributed by atoms with Gasteiger partial charge in [0.2, 0.25) is 21.2 Å². The standard InChI is InChI=1S/C23H25FN2O4S2.C16H15ClFNO.C7H11NO3S2/c1-14(2)18-9-17(24)10-19(15-6-5-7-25-12-15)20(18)11-21(27)26-32(29,30)22-8-16(13-31-22)23(3,4)28;1-10(2)13-6-12(18)7-14(15(13)8-16(17)20)11-4-3-5-19-9-11;1-7(2,9)5-3-6(12-4-5)13(8,10)11/h5-10,12-14,28H,11H2,1-4H3,(H,26,27);3-7,9-10H,8H2,1-2H3;3-4,9H,1-2H3,(H2,8,10,11). The molecule has 0 saturated carbocycles. The molecule has 0 spiro atoms. The molecule has 0 aliphatic heterocycles. The van der Waals surface area contributed by atoms with Gasteiger partial charge >= 0.3 is 0 Å². The molecule has 2 aromatic carbocycles. The van der Waals surface area contributed by atoms with Crippen molar-refractivity contribution in [2.45, 2.75) is 99.7 Å². The number of amides is 1. The molecule has 348 valence electrons. The zero-order valence-electron chi connectivity index (χ0n) is 36.9. The number of primary sulfonamides is 1. The molecule has 0 atom stereocenters. The van der Waals surface area contributed by atoms with Crippen molar-refractivity contribution in [3.05, 3.63) is 141 Å². The average Bonchev–Trinajstić information content (AvgIpc) is 3.93. The van der Waals surface area contributed by atoms with Gasteiger partial charge in [-0.2, -0.15) is 0 Å². The van der Waals surface area contributed by atoms with Crippen LogP contribution in [-0.4, -0.2) is 48.2 Å². The van der Waals surface area contributed by atoms with Crippen LogP contribution in [0.15, 0.2) is 105 Å². The van der Waals surface area contributed by atoms with Gasteiger partial charge in [0, 0.05) is 42.3 Å². The lowest BCUT2D eigenvalue weighted by molar-refractivity contribution is -0.118. The highest BCUT2D eigenvalue weighted by atomic mass is 35.5. The second-order valence-electron chi connectivity index (χ2n) is 16.5. The van der Waals surface area contributed by atoms with Crippen molar-refractivity contribution in [3.8, 4) is 22.3 Å². The first-order valence-electron chi connectivity index (χ1n) is 19.9. The number of aliphatic hydroxyl groups is 2. The minimum absolute atomic E-state index is 0.0707. The fourth-order valence-electron chi connectivity index (χ4n) is 6.40. The maximum atomic E-state index is 14.3. The van der Waals surface area contributed by atoms with Gasteiger partial charge in [0.05, 0.1) is 17.6 Å². The number of halogens is 3. The topological polar surface area (TPSA) is 207 Å². The molecule has 0 radical (unpaired) electrons. The van der Waals surface area contributed by atoms with Crippen LogP contribution in [0.5, 0.6) is 0 Å². The summed E-state index contributed by atoms with van der Waals surface area (Å²) in [5.74, 6) is -1.48. The maximum absolute atomic E-state index is 14.3. The lowest BCUT2D eigenvalue weighted by Crippen LogP contribution is -2.32. The zero-order chi connectivity index (χ0) is 48.7. The van der Waals surface area contributed by atoms with Gasteiger partial charge in [-0.15, -0.1) is 22.7 Å².